The summed E-state index contributed by atoms with van der Waals surface area (Å²) in [6, 6.07) is 0. The highest BCUT2D eigenvalue weighted by Crippen LogP contribution is 2.46. The third-order valence-electron chi connectivity index (χ3n) is 3.08. The molecule has 0 aromatic rings. The van der Waals surface area contributed by atoms with E-state index in [1.165, 1.54) is 6.42 Å². The van der Waals surface area contributed by atoms with Crippen molar-refractivity contribution in [1.29, 1.82) is 0 Å². The molecule has 1 nitrogen and oxygen atoms in total. The number of hydrogen-bond donors (Lipinski definition) is 0. The second-order valence-corrected chi connectivity index (χ2v) is 3.52. The Hall–Kier alpha value is -0.590. The molecule has 2 aliphatic carbocycles. The summed E-state index contributed by atoms with van der Waals surface area (Å²) in [5.74, 6) is 2.22. The van der Waals surface area contributed by atoms with Crippen molar-refractivity contribution in [2.24, 2.45) is 23.7 Å². The third kappa shape index (κ3) is 0.606. The quantitative estimate of drug-likeness (QED) is 0.395. The molecule has 1 fully saturated rings. The van der Waals surface area contributed by atoms with E-state index in [4.69, 9.17) is 0 Å². The minimum atomic E-state index is 0.329. The summed E-state index contributed by atoms with van der Waals surface area (Å²) in [7, 11) is 0. The summed E-state index contributed by atoms with van der Waals surface area (Å²) >= 11 is 0. The molecule has 0 aliphatic heterocycles. The van der Waals surface area contributed by atoms with Gasteiger partial charge in [0.05, 0.1) is 0 Å². The average molecular weight is 136 g/mol. The number of carbonyl (C=O) groups excluding carboxylic acids is 1. The van der Waals surface area contributed by atoms with Gasteiger partial charge >= 0.3 is 0 Å². The van der Waals surface area contributed by atoms with Crippen molar-refractivity contribution in [3.63, 3.8) is 0 Å². The molecule has 1 saturated carbocycles. The Morgan fingerprint density at radius 2 is 2.10 bits per heavy atom. The predicted molar refractivity (Wildman–Crippen MR) is 39.5 cm³/mol. The van der Waals surface area contributed by atoms with Crippen molar-refractivity contribution in [3.8, 4) is 0 Å². The maximum absolute atomic E-state index is 10.6. The molecular formula is C9H12O. The zero-order valence-corrected chi connectivity index (χ0v) is 6.16. The average Bonchev–Trinajstić information content (AvgIpc) is 2.46. The van der Waals surface area contributed by atoms with E-state index in [1.807, 2.05) is 0 Å². The molecule has 0 aromatic heterocycles. The van der Waals surface area contributed by atoms with Gasteiger partial charge < -0.3 is 4.79 Å². The molecule has 10 heavy (non-hydrogen) atoms. The molecule has 2 rings (SSSR count). The van der Waals surface area contributed by atoms with E-state index in [0.717, 1.165) is 6.29 Å². The summed E-state index contributed by atoms with van der Waals surface area (Å²) in [5.41, 5.74) is 0. The summed E-state index contributed by atoms with van der Waals surface area (Å²) in [4.78, 5) is 10.6. The van der Waals surface area contributed by atoms with Crippen LogP contribution in [0.4, 0.5) is 0 Å². The van der Waals surface area contributed by atoms with E-state index in [0.29, 0.717) is 23.7 Å². The second kappa shape index (κ2) is 1.94. The summed E-state index contributed by atoms with van der Waals surface area (Å²) in [6.45, 7) is 2.19. The maximum Gasteiger partial charge on any atom is 0.123 e. The van der Waals surface area contributed by atoms with Gasteiger partial charge in [0.1, 0.15) is 6.29 Å². The number of hydrogen-bond acceptors (Lipinski definition) is 1. The number of allylic oxidation sites excluding steroid dienone is 2. The van der Waals surface area contributed by atoms with Gasteiger partial charge in [-0.15, -0.1) is 0 Å². The van der Waals surface area contributed by atoms with Gasteiger partial charge in [-0.1, -0.05) is 19.1 Å². The van der Waals surface area contributed by atoms with Gasteiger partial charge in [-0.2, -0.15) is 0 Å². The second-order valence-electron chi connectivity index (χ2n) is 3.52. The fourth-order valence-corrected chi connectivity index (χ4v) is 2.33. The van der Waals surface area contributed by atoms with Crippen LogP contribution in [0, 0.1) is 23.7 Å². The maximum atomic E-state index is 10.6. The Morgan fingerprint density at radius 3 is 2.50 bits per heavy atom. The molecule has 0 spiro atoms. The summed E-state index contributed by atoms with van der Waals surface area (Å²) in [6.07, 6.45) is 6.85. The van der Waals surface area contributed by atoms with Crippen LogP contribution in [0.2, 0.25) is 0 Å². The van der Waals surface area contributed by atoms with Crippen molar-refractivity contribution >= 4 is 6.29 Å². The molecule has 0 amide bonds. The minimum Gasteiger partial charge on any atom is -0.303 e. The molecular weight excluding hydrogens is 124 g/mol. The Morgan fingerprint density at radius 1 is 1.40 bits per heavy atom. The zero-order chi connectivity index (χ0) is 7.14. The topological polar surface area (TPSA) is 17.1 Å². The van der Waals surface area contributed by atoms with Crippen molar-refractivity contribution in [3.05, 3.63) is 12.2 Å². The van der Waals surface area contributed by atoms with Gasteiger partial charge in [-0.25, -0.2) is 0 Å². The highest BCUT2D eigenvalue weighted by atomic mass is 16.1. The molecule has 0 radical (unpaired) electrons. The van der Waals surface area contributed by atoms with Crippen LogP contribution >= 0.6 is 0 Å². The molecule has 1 heteroatoms. The molecule has 0 aromatic carbocycles. The lowest BCUT2D eigenvalue weighted by Crippen LogP contribution is -2.17. The number of carbonyl (C=O) groups is 1. The van der Waals surface area contributed by atoms with Gasteiger partial charge in [-0.05, 0) is 24.2 Å². The lowest BCUT2D eigenvalue weighted by atomic mass is 9.86. The first-order valence-electron chi connectivity index (χ1n) is 3.96. The van der Waals surface area contributed by atoms with Gasteiger partial charge in [0, 0.05) is 5.92 Å². The minimum absolute atomic E-state index is 0.329. The van der Waals surface area contributed by atoms with E-state index in [1.54, 1.807) is 0 Å². The first kappa shape index (κ1) is 6.14. The first-order valence-corrected chi connectivity index (χ1v) is 3.96. The van der Waals surface area contributed by atoms with Crippen LogP contribution in [0.5, 0.6) is 0 Å². The summed E-state index contributed by atoms with van der Waals surface area (Å²) < 4.78 is 0. The molecule has 2 unspecified atom stereocenters. The van der Waals surface area contributed by atoms with E-state index < -0.39 is 0 Å². The van der Waals surface area contributed by atoms with Crippen LogP contribution in [-0.2, 0) is 4.79 Å². The van der Waals surface area contributed by atoms with Crippen molar-refractivity contribution in [1.82, 2.24) is 0 Å². The van der Waals surface area contributed by atoms with Crippen LogP contribution in [0.15, 0.2) is 12.2 Å². The first-order chi connectivity index (χ1) is 4.83. The predicted octanol–water partition coefficient (Wildman–Crippen LogP) is 1.64. The van der Waals surface area contributed by atoms with Crippen LogP contribution in [-0.4, -0.2) is 6.29 Å². The number of fused-ring (bicyclic) bond motifs is 2. The van der Waals surface area contributed by atoms with Crippen LogP contribution in [0.3, 0.4) is 0 Å². The fraction of sp³-hybridized carbons (Fsp3) is 0.667. The van der Waals surface area contributed by atoms with E-state index >= 15 is 0 Å². The largest absolute Gasteiger partial charge is 0.303 e. The number of aldehydes is 1. The molecule has 0 heterocycles. The van der Waals surface area contributed by atoms with Crippen LogP contribution < -0.4 is 0 Å². The molecule has 2 aliphatic rings. The highest BCUT2D eigenvalue weighted by Gasteiger charge is 2.41. The Labute approximate surface area is 61.1 Å². The number of rotatable bonds is 1. The lowest BCUT2D eigenvalue weighted by Gasteiger charge is -2.18. The van der Waals surface area contributed by atoms with Crippen LogP contribution in [0.1, 0.15) is 13.3 Å². The Balaban J connectivity index is 2.25. The molecule has 4 atom stereocenters. The molecule has 54 valence electrons. The van der Waals surface area contributed by atoms with Crippen molar-refractivity contribution < 1.29 is 4.79 Å². The summed E-state index contributed by atoms with van der Waals surface area (Å²) in [5, 5.41) is 0. The zero-order valence-electron chi connectivity index (χ0n) is 6.16. The third-order valence-corrected chi connectivity index (χ3v) is 3.08. The lowest BCUT2D eigenvalue weighted by molar-refractivity contribution is -0.112. The van der Waals surface area contributed by atoms with E-state index in [2.05, 4.69) is 19.1 Å². The Kier molecular flexibility index (Phi) is 1.19. The van der Waals surface area contributed by atoms with E-state index in [9.17, 15) is 4.79 Å². The fourth-order valence-electron chi connectivity index (χ4n) is 2.33. The monoisotopic (exact) mass is 136 g/mol. The Bertz CT molecular complexity index is 183. The molecule has 0 saturated heterocycles. The van der Waals surface area contributed by atoms with Crippen molar-refractivity contribution in [2.45, 2.75) is 13.3 Å². The molecule has 2 bridgehead atoms. The molecule has 0 N–H and O–H groups in total. The van der Waals surface area contributed by atoms with Gasteiger partial charge in [0.15, 0.2) is 0 Å². The van der Waals surface area contributed by atoms with E-state index in [-0.39, 0.29) is 0 Å². The normalized spacial score (nSPS) is 50.1. The SMILES string of the molecule is C[C@@H]1C2C=CC(C2)[C@H]1C=O. The smallest absolute Gasteiger partial charge is 0.123 e. The van der Waals surface area contributed by atoms with Gasteiger partial charge in [0.2, 0.25) is 0 Å². The standard InChI is InChI=1S/C9H12O/c1-6-7-2-3-8(4-7)9(6)5-10/h2-3,5-9H,4H2,1H3/t6-,7?,8?,9+/m1/s1. The van der Waals surface area contributed by atoms with Gasteiger partial charge in [-0.3, -0.25) is 0 Å². The van der Waals surface area contributed by atoms with Gasteiger partial charge in [0.25, 0.3) is 0 Å². The highest BCUT2D eigenvalue weighted by molar-refractivity contribution is 5.57. The van der Waals surface area contributed by atoms with Crippen LogP contribution in [0.25, 0.3) is 0 Å². The van der Waals surface area contributed by atoms with Crippen molar-refractivity contribution in [2.75, 3.05) is 0 Å².